The van der Waals surface area contributed by atoms with Crippen LogP contribution in [0.4, 0.5) is 13.2 Å². The maximum Gasteiger partial charge on any atom is 0.490 e. The highest BCUT2D eigenvalue weighted by Gasteiger charge is 2.48. The topological polar surface area (TPSA) is 60.9 Å². The highest BCUT2D eigenvalue weighted by atomic mass is 19.4. The Hall–Kier alpha value is -1.31. The van der Waals surface area contributed by atoms with Gasteiger partial charge in [-0.2, -0.15) is 13.2 Å². The van der Waals surface area contributed by atoms with Crippen LogP contribution in [0.15, 0.2) is 0 Å². The third-order valence-electron chi connectivity index (χ3n) is 5.60. The van der Waals surface area contributed by atoms with Gasteiger partial charge in [0.25, 0.3) is 0 Å². The summed E-state index contributed by atoms with van der Waals surface area (Å²) in [7, 11) is 0. The van der Waals surface area contributed by atoms with E-state index in [0.717, 1.165) is 19.0 Å². The van der Waals surface area contributed by atoms with Crippen LogP contribution in [0, 0.1) is 17.3 Å². The number of carboxylic acid groups (broad SMARTS) is 1. The molecule has 1 N–H and O–H groups in total. The predicted molar refractivity (Wildman–Crippen MR) is 90.6 cm³/mol. The van der Waals surface area contributed by atoms with Crippen molar-refractivity contribution in [2.45, 2.75) is 52.1 Å². The van der Waals surface area contributed by atoms with Crippen molar-refractivity contribution in [3.8, 4) is 0 Å². The van der Waals surface area contributed by atoms with E-state index in [1.54, 1.807) is 0 Å². The SMILES string of the molecule is CC(C)C(=O)N1CCC2(CN(CC3CCCC3)C2)C1.O=C(O)C(F)(F)F. The summed E-state index contributed by atoms with van der Waals surface area (Å²) in [6, 6.07) is 0. The van der Waals surface area contributed by atoms with E-state index >= 15 is 0 Å². The zero-order valence-corrected chi connectivity index (χ0v) is 15.5. The Bertz CT molecular complexity index is 510. The van der Waals surface area contributed by atoms with E-state index in [1.165, 1.54) is 51.7 Å². The van der Waals surface area contributed by atoms with E-state index in [2.05, 4.69) is 9.80 Å². The molecule has 0 unspecified atom stereocenters. The summed E-state index contributed by atoms with van der Waals surface area (Å²) in [5, 5.41) is 7.12. The molecule has 0 atom stereocenters. The van der Waals surface area contributed by atoms with Gasteiger partial charge in [-0.3, -0.25) is 4.79 Å². The van der Waals surface area contributed by atoms with Gasteiger partial charge in [0.1, 0.15) is 0 Å². The van der Waals surface area contributed by atoms with Gasteiger partial charge in [-0.05, 0) is 25.2 Å². The Morgan fingerprint density at radius 3 is 2.15 bits per heavy atom. The largest absolute Gasteiger partial charge is 0.490 e. The zero-order valence-electron chi connectivity index (χ0n) is 15.5. The molecule has 8 heteroatoms. The van der Waals surface area contributed by atoms with Gasteiger partial charge in [-0.15, -0.1) is 0 Å². The molecule has 0 radical (unpaired) electrons. The molecule has 0 aromatic carbocycles. The Morgan fingerprint density at radius 1 is 1.15 bits per heavy atom. The lowest BCUT2D eigenvalue weighted by molar-refractivity contribution is -0.192. The molecular weight excluding hydrogens is 349 g/mol. The van der Waals surface area contributed by atoms with Crippen molar-refractivity contribution in [2.24, 2.45) is 17.3 Å². The number of aliphatic carboxylic acids is 1. The quantitative estimate of drug-likeness (QED) is 0.820. The predicted octanol–water partition coefficient (Wildman–Crippen LogP) is 3.00. The lowest BCUT2D eigenvalue weighted by Gasteiger charge is -2.49. The molecule has 3 fully saturated rings. The van der Waals surface area contributed by atoms with Crippen LogP contribution >= 0.6 is 0 Å². The number of halogens is 3. The van der Waals surface area contributed by atoms with E-state index in [0.29, 0.717) is 11.3 Å². The van der Waals surface area contributed by atoms with Crippen LogP contribution in [-0.4, -0.2) is 65.7 Å². The van der Waals surface area contributed by atoms with Crippen LogP contribution in [0.3, 0.4) is 0 Å². The number of carboxylic acids is 1. The fourth-order valence-electron chi connectivity index (χ4n) is 4.34. The lowest BCUT2D eigenvalue weighted by atomic mass is 9.78. The molecule has 0 aromatic rings. The normalized spacial score (nSPS) is 23.1. The molecule has 1 amide bonds. The summed E-state index contributed by atoms with van der Waals surface area (Å²) in [5.41, 5.74) is 0.461. The van der Waals surface area contributed by atoms with Gasteiger partial charge in [0.05, 0.1) is 0 Å². The van der Waals surface area contributed by atoms with Crippen molar-refractivity contribution in [1.82, 2.24) is 9.80 Å². The van der Waals surface area contributed by atoms with E-state index < -0.39 is 12.1 Å². The summed E-state index contributed by atoms with van der Waals surface area (Å²) >= 11 is 0. The Morgan fingerprint density at radius 2 is 1.69 bits per heavy atom. The molecule has 2 aliphatic heterocycles. The monoisotopic (exact) mass is 378 g/mol. The molecule has 1 aliphatic carbocycles. The Balaban J connectivity index is 0.000000298. The molecule has 1 spiro atoms. The van der Waals surface area contributed by atoms with Crippen LogP contribution < -0.4 is 0 Å². The molecule has 26 heavy (non-hydrogen) atoms. The number of amides is 1. The van der Waals surface area contributed by atoms with Gasteiger partial charge in [-0.25, -0.2) is 4.79 Å². The van der Waals surface area contributed by atoms with E-state index in [4.69, 9.17) is 9.90 Å². The molecular formula is C18H29F3N2O3. The number of alkyl halides is 3. The fraction of sp³-hybridized carbons (Fsp3) is 0.889. The minimum atomic E-state index is -5.08. The first-order valence-corrected chi connectivity index (χ1v) is 9.34. The van der Waals surface area contributed by atoms with Crippen molar-refractivity contribution in [3.63, 3.8) is 0 Å². The van der Waals surface area contributed by atoms with Crippen LogP contribution in [0.5, 0.6) is 0 Å². The number of carbonyl (C=O) groups is 2. The first-order chi connectivity index (χ1) is 12.0. The molecule has 5 nitrogen and oxygen atoms in total. The second kappa shape index (κ2) is 8.15. The van der Waals surface area contributed by atoms with Gasteiger partial charge in [0.15, 0.2) is 0 Å². The number of likely N-dealkylation sites (tertiary alicyclic amines) is 2. The Labute approximate surface area is 152 Å². The average Bonchev–Trinajstić information content (AvgIpc) is 3.15. The number of hydrogen-bond acceptors (Lipinski definition) is 3. The number of hydrogen-bond donors (Lipinski definition) is 1. The zero-order chi connectivity index (χ0) is 19.5. The molecule has 150 valence electrons. The van der Waals surface area contributed by atoms with E-state index in [-0.39, 0.29) is 5.92 Å². The number of nitrogens with zero attached hydrogens (tertiary/aromatic N) is 2. The first kappa shape index (κ1) is 21.0. The highest BCUT2D eigenvalue weighted by molar-refractivity contribution is 5.78. The molecule has 0 aromatic heterocycles. The van der Waals surface area contributed by atoms with Crippen LogP contribution in [0.2, 0.25) is 0 Å². The minimum absolute atomic E-state index is 0.157. The van der Waals surface area contributed by atoms with Crippen LogP contribution in [0.25, 0.3) is 0 Å². The van der Waals surface area contributed by atoms with Gasteiger partial charge in [-0.1, -0.05) is 26.7 Å². The number of rotatable bonds is 3. The van der Waals surface area contributed by atoms with Crippen LogP contribution in [0.1, 0.15) is 46.0 Å². The van der Waals surface area contributed by atoms with Crippen LogP contribution in [-0.2, 0) is 9.59 Å². The summed E-state index contributed by atoms with van der Waals surface area (Å²) < 4.78 is 31.7. The van der Waals surface area contributed by atoms with E-state index in [9.17, 15) is 18.0 Å². The van der Waals surface area contributed by atoms with E-state index in [1.807, 2.05) is 13.8 Å². The third kappa shape index (κ3) is 5.34. The maximum atomic E-state index is 12.0. The summed E-state index contributed by atoms with van der Waals surface area (Å²) in [5.74, 6) is -1.28. The summed E-state index contributed by atoms with van der Waals surface area (Å²) in [4.78, 5) is 25.7. The van der Waals surface area contributed by atoms with Crippen molar-refractivity contribution in [1.29, 1.82) is 0 Å². The molecule has 0 bridgehead atoms. The van der Waals surface area contributed by atoms with Crippen molar-refractivity contribution in [2.75, 3.05) is 32.7 Å². The standard InChI is InChI=1S/C16H28N2O.C2HF3O2/c1-13(2)15(19)18-8-7-16(12-18)10-17(11-16)9-14-5-3-4-6-14;3-2(4,5)1(6)7/h13-14H,3-12H2,1-2H3;(H,6,7). The van der Waals surface area contributed by atoms with Gasteiger partial charge in [0, 0.05) is 44.1 Å². The molecule has 2 saturated heterocycles. The molecule has 3 rings (SSSR count). The van der Waals surface area contributed by atoms with Gasteiger partial charge in [0.2, 0.25) is 5.91 Å². The molecule has 2 heterocycles. The second-order valence-electron chi connectivity index (χ2n) is 8.29. The Kier molecular flexibility index (Phi) is 6.58. The number of carbonyl (C=O) groups excluding carboxylic acids is 1. The van der Waals surface area contributed by atoms with Crippen molar-refractivity contribution in [3.05, 3.63) is 0 Å². The average molecular weight is 378 g/mol. The van der Waals surface area contributed by atoms with Gasteiger partial charge >= 0.3 is 12.1 Å². The fourth-order valence-corrected chi connectivity index (χ4v) is 4.34. The summed E-state index contributed by atoms with van der Waals surface area (Å²) in [6.45, 7) is 9.84. The van der Waals surface area contributed by atoms with Crippen molar-refractivity contribution >= 4 is 11.9 Å². The lowest BCUT2D eigenvalue weighted by Crippen LogP contribution is -2.58. The summed E-state index contributed by atoms with van der Waals surface area (Å²) in [6.07, 6.45) is 1.93. The smallest absolute Gasteiger partial charge is 0.475 e. The maximum absolute atomic E-state index is 12.0. The highest BCUT2D eigenvalue weighted by Crippen LogP contribution is 2.41. The van der Waals surface area contributed by atoms with Gasteiger partial charge < -0.3 is 14.9 Å². The third-order valence-corrected chi connectivity index (χ3v) is 5.60. The van der Waals surface area contributed by atoms with Crippen molar-refractivity contribution < 1.29 is 27.9 Å². The first-order valence-electron chi connectivity index (χ1n) is 9.34. The second-order valence-corrected chi connectivity index (χ2v) is 8.29. The minimum Gasteiger partial charge on any atom is -0.475 e. The molecule has 3 aliphatic rings. The molecule has 1 saturated carbocycles.